The Morgan fingerprint density at radius 3 is 2.45 bits per heavy atom. The summed E-state index contributed by atoms with van der Waals surface area (Å²) in [5.74, 6) is 0.912. The molecule has 1 amide bonds. The Morgan fingerprint density at radius 1 is 0.932 bits per heavy atom. The summed E-state index contributed by atoms with van der Waals surface area (Å²) in [5.41, 5.74) is 4.62. The van der Waals surface area contributed by atoms with Crippen LogP contribution in [0.1, 0.15) is 151 Å². The number of likely N-dealkylation sites (tertiary alicyclic amines) is 1. The van der Waals surface area contributed by atoms with E-state index in [2.05, 4.69) is 76.8 Å². The lowest BCUT2D eigenvalue weighted by atomic mass is 9.59. The Hall–Kier alpha value is -5.87. The second-order valence-corrected chi connectivity index (χ2v) is 24.9. The van der Waals surface area contributed by atoms with Gasteiger partial charge in [0.15, 0.2) is 17.2 Å². The van der Waals surface area contributed by atoms with Gasteiger partial charge in [-0.2, -0.15) is 4.98 Å². The second-order valence-electron chi connectivity index (χ2n) is 23.3. The molecular weight excluding hydrogens is 943 g/mol. The van der Waals surface area contributed by atoms with Crippen LogP contribution in [0.4, 0.5) is 17.1 Å². The fourth-order valence-electron chi connectivity index (χ4n) is 13.2. The van der Waals surface area contributed by atoms with E-state index in [4.69, 9.17) is 19.2 Å². The average Bonchev–Trinajstić information content (AvgIpc) is 4.18. The first-order valence-electron chi connectivity index (χ1n) is 26.9. The van der Waals surface area contributed by atoms with Crippen molar-refractivity contribution in [2.24, 2.45) is 22.7 Å². The molecule has 3 aromatic carbocycles. The number of rotatable bonds is 14. The number of carbonyl (C=O) groups excluding carboxylic acids is 1. The van der Waals surface area contributed by atoms with E-state index in [1.807, 2.05) is 18.2 Å². The van der Waals surface area contributed by atoms with Crippen LogP contribution in [0.2, 0.25) is 0 Å². The lowest BCUT2D eigenvalue weighted by Gasteiger charge is -2.56. The largest absolute Gasteiger partial charge is 0.489 e. The van der Waals surface area contributed by atoms with Crippen LogP contribution in [-0.4, -0.2) is 79.0 Å². The maximum absolute atomic E-state index is 14.5. The van der Waals surface area contributed by atoms with Crippen molar-refractivity contribution in [3.8, 4) is 23.1 Å². The molecule has 16 heteroatoms. The Bertz CT molecular complexity index is 2980. The molecule has 0 radical (unpaired) electrons. The van der Waals surface area contributed by atoms with Crippen LogP contribution in [0.15, 0.2) is 77.8 Å². The van der Waals surface area contributed by atoms with E-state index in [0.717, 1.165) is 101 Å². The van der Waals surface area contributed by atoms with E-state index in [9.17, 15) is 23.3 Å². The molecule has 15 nitrogen and oxygen atoms in total. The van der Waals surface area contributed by atoms with Crippen molar-refractivity contribution >= 4 is 44.0 Å². The topological polar surface area (TPSA) is 181 Å². The van der Waals surface area contributed by atoms with Crippen LogP contribution < -0.4 is 29.1 Å². The molecular formula is C57H71N7O8S. The summed E-state index contributed by atoms with van der Waals surface area (Å²) in [6.07, 6.45) is 17.1. The number of nitrogens with zero attached hydrogens (tertiary/aromatic N) is 4. The molecule has 2 atom stereocenters. The van der Waals surface area contributed by atoms with Gasteiger partial charge in [0.25, 0.3) is 27.5 Å². The van der Waals surface area contributed by atoms with Crippen LogP contribution in [-0.2, 0) is 10.0 Å². The molecule has 3 N–H and O–H groups in total. The number of anilines is 2. The van der Waals surface area contributed by atoms with Gasteiger partial charge in [-0.25, -0.2) is 13.1 Å². The lowest BCUT2D eigenvalue weighted by Crippen LogP contribution is -2.54. The van der Waals surface area contributed by atoms with Gasteiger partial charge in [-0.15, -0.1) is 0 Å². The van der Waals surface area contributed by atoms with E-state index < -0.39 is 31.4 Å². The molecule has 2 saturated heterocycles. The molecule has 388 valence electrons. The highest BCUT2D eigenvalue weighted by Gasteiger charge is 2.50. The van der Waals surface area contributed by atoms with Crippen molar-refractivity contribution in [1.29, 1.82) is 0 Å². The van der Waals surface area contributed by atoms with Gasteiger partial charge in [0.05, 0.1) is 28.0 Å². The maximum Gasteiger partial charge on any atom is 0.297 e. The minimum atomic E-state index is -4.68. The second kappa shape index (κ2) is 19.8. The Labute approximate surface area is 429 Å². The van der Waals surface area contributed by atoms with Gasteiger partial charge in [0, 0.05) is 60.6 Å². The van der Waals surface area contributed by atoms with Gasteiger partial charge in [0.1, 0.15) is 18.0 Å². The number of sulfonamides is 1. The number of aromatic nitrogens is 2. The molecule has 3 aliphatic carbocycles. The molecule has 2 aromatic heterocycles. The highest BCUT2D eigenvalue weighted by molar-refractivity contribution is 7.90. The summed E-state index contributed by atoms with van der Waals surface area (Å²) in [4.78, 5) is 39.0. The number of carbonyl (C=O) groups is 1. The highest BCUT2D eigenvalue weighted by Crippen LogP contribution is 2.55. The molecule has 3 aliphatic heterocycles. The number of hydrogen-bond acceptors (Lipinski definition) is 12. The van der Waals surface area contributed by atoms with Crippen LogP contribution in [0.3, 0.4) is 0 Å². The molecule has 3 saturated carbocycles. The van der Waals surface area contributed by atoms with E-state index in [0.29, 0.717) is 41.9 Å². The molecule has 1 spiro atoms. The van der Waals surface area contributed by atoms with Gasteiger partial charge in [0.2, 0.25) is 0 Å². The monoisotopic (exact) mass is 1010 g/mol. The van der Waals surface area contributed by atoms with Crippen molar-refractivity contribution < 1.29 is 32.3 Å². The van der Waals surface area contributed by atoms with E-state index in [1.54, 1.807) is 18.3 Å². The standard InChI is InChI=1S/C57H71N7O8S/c1-36(2)43-12-7-8-13-44(43)47-14-9-25-63(47)41-32-57(33-41)22-26-62(27-23-57)40-15-16-45(49(29-40)72-51-28-39-19-24-58-53(39)60-55(51)71-34-37-10-5-6-11-37)54(65)61-73(68,69)42-30-48(64(66)67)52-50(31-42)70-35-46(59-52)38-17-20-56(3,4)21-18-38/h7-8,12-13,15-16,19,24,28-31,36-38,41,46-47,59H,5-6,9-11,14,17-18,20-23,25-27,32-35H2,1-4H3,(H,58,60)(H,61,65)/t46-,47+/m1/s1. The zero-order valence-electron chi connectivity index (χ0n) is 42.8. The zero-order chi connectivity index (χ0) is 50.6. The number of hydrogen-bond donors (Lipinski definition) is 3. The molecule has 6 aliphatic rings. The van der Waals surface area contributed by atoms with Crippen LogP contribution in [0.5, 0.6) is 23.1 Å². The Balaban J connectivity index is 0.841. The summed E-state index contributed by atoms with van der Waals surface area (Å²) in [6.45, 7) is 12.6. The number of piperidine rings is 1. The molecule has 11 rings (SSSR count). The minimum absolute atomic E-state index is 0.0402. The summed E-state index contributed by atoms with van der Waals surface area (Å²) in [7, 11) is -4.68. The summed E-state index contributed by atoms with van der Waals surface area (Å²) in [5, 5.41) is 16.7. The third-order valence-corrected chi connectivity index (χ3v) is 18.9. The van der Waals surface area contributed by atoms with Crippen molar-refractivity contribution in [1.82, 2.24) is 19.6 Å². The number of pyridine rings is 1. The van der Waals surface area contributed by atoms with Gasteiger partial charge in [-0.1, -0.05) is 64.8 Å². The Morgan fingerprint density at radius 2 is 1.70 bits per heavy atom. The molecule has 5 aromatic rings. The van der Waals surface area contributed by atoms with Crippen molar-refractivity contribution in [3.05, 3.63) is 99.7 Å². The van der Waals surface area contributed by atoms with E-state index in [1.165, 1.54) is 42.9 Å². The SMILES string of the molecule is CC(C)c1ccccc1[C@@H]1CCCN1C1CC2(CCN(c3ccc(C(=O)NS(=O)(=O)c4cc5c(c([N+](=O)[O-])c4)N[C@@H](C4CCC(C)(C)CC4)CO5)c(Oc4cc5cc[nH]c5nc4OCC4CCCC4)c3)CC2)C1. The predicted molar refractivity (Wildman–Crippen MR) is 283 cm³/mol. The molecule has 5 fully saturated rings. The number of aromatic amines is 1. The summed E-state index contributed by atoms with van der Waals surface area (Å²) < 4.78 is 49.9. The number of amides is 1. The fourth-order valence-corrected chi connectivity index (χ4v) is 14.2. The van der Waals surface area contributed by atoms with E-state index in [-0.39, 0.29) is 58.0 Å². The number of H-pyrrole nitrogens is 1. The molecule has 0 unspecified atom stereocenters. The molecule has 5 heterocycles. The highest BCUT2D eigenvalue weighted by atomic mass is 32.2. The Kier molecular flexibility index (Phi) is 13.4. The number of fused-ring (bicyclic) bond motifs is 2. The average molecular weight is 1010 g/mol. The van der Waals surface area contributed by atoms with Crippen LogP contribution in [0, 0.1) is 32.8 Å². The normalized spacial score (nSPS) is 22.5. The first-order chi connectivity index (χ1) is 35.1. The number of nitrogens with one attached hydrogen (secondary N) is 3. The number of nitro benzene ring substituents is 1. The van der Waals surface area contributed by atoms with Crippen molar-refractivity contribution in [2.75, 3.05) is 43.1 Å². The maximum atomic E-state index is 14.5. The zero-order valence-corrected chi connectivity index (χ0v) is 43.6. The first-order valence-corrected chi connectivity index (χ1v) is 28.4. The van der Waals surface area contributed by atoms with Crippen molar-refractivity contribution in [2.45, 2.75) is 147 Å². The van der Waals surface area contributed by atoms with Crippen LogP contribution >= 0.6 is 0 Å². The lowest BCUT2D eigenvalue weighted by molar-refractivity contribution is -0.384. The molecule has 73 heavy (non-hydrogen) atoms. The van der Waals surface area contributed by atoms with Crippen LogP contribution in [0.25, 0.3) is 11.0 Å². The van der Waals surface area contributed by atoms with Crippen molar-refractivity contribution in [3.63, 3.8) is 0 Å². The third-order valence-electron chi connectivity index (χ3n) is 17.6. The molecule has 0 bridgehead atoms. The first kappa shape index (κ1) is 49.3. The van der Waals surface area contributed by atoms with E-state index >= 15 is 0 Å². The predicted octanol–water partition coefficient (Wildman–Crippen LogP) is 12.0. The summed E-state index contributed by atoms with van der Waals surface area (Å²) in [6, 6.07) is 21.1. The number of benzene rings is 3. The van der Waals surface area contributed by atoms with Gasteiger partial charge >= 0.3 is 0 Å². The minimum Gasteiger partial charge on any atom is -0.489 e. The number of nitro groups is 1. The summed E-state index contributed by atoms with van der Waals surface area (Å²) >= 11 is 0. The third kappa shape index (κ3) is 10.1. The smallest absolute Gasteiger partial charge is 0.297 e. The quantitative estimate of drug-likeness (QED) is 0.0708. The van der Waals surface area contributed by atoms with Gasteiger partial charge < -0.3 is 29.4 Å². The number of ether oxygens (including phenoxy) is 3. The van der Waals surface area contributed by atoms with Gasteiger partial charge in [-0.3, -0.25) is 19.8 Å². The van der Waals surface area contributed by atoms with Gasteiger partial charge in [-0.05, 0) is 148 Å². The fraction of sp³-hybridized carbons (Fsp3) is 0.544.